The number of aliphatic hydroxyl groups excluding tert-OH is 1. The van der Waals surface area contributed by atoms with Gasteiger partial charge in [-0.05, 0) is 49.9 Å². The van der Waals surface area contributed by atoms with Crippen LogP contribution in [-0.4, -0.2) is 44.1 Å². The molecule has 0 aliphatic carbocycles. The van der Waals surface area contributed by atoms with Crippen molar-refractivity contribution in [1.29, 1.82) is 0 Å². The molecule has 2 unspecified atom stereocenters. The summed E-state index contributed by atoms with van der Waals surface area (Å²) in [6.45, 7) is 4.37. The highest BCUT2D eigenvalue weighted by atomic mass is 32.2. The second-order valence-electron chi connectivity index (χ2n) is 5.28. The summed E-state index contributed by atoms with van der Waals surface area (Å²) in [7, 11) is -1.93. The molecular weight excluding hydrogens is 278 g/mol. The zero-order valence-corrected chi connectivity index (χ0v) is 12.9. The molecular formula is C14H21NO4S. The first-order chi connectivity index (χ1) is 9.36. The van der Waals surface area contributed by atoms with Gasteiger partial charge in [0.25, 0.3) is 0 Å². The third-order valence-corrected chi connectivity index (χ3v) is 5.73. The smallest absolute Gasteiger partial charge is 0.243 e. The lowest BCUT2D eigenvalue weighted by Gasteiger charge is -2.18. The molecule has 1 saturated heterocycles. The predicted octanol–water partition coefficient (Wildman–Crippen LogP) is 1.40. The van der Waals surface area contributed by atoms with Crippen molar-refractivity contribution in [1.82, 2.24) is 4.31 Å². The third kappa shape index (κ3) is 2.82. The number of hydrogen-bond donors (Lipinski definition) is 1. The molecule has 0 bridgehead atoms. The zero-order valence-electron chi connectivity index (χ0n) is 12.0. The van der Waals surface area contributed by atoms with Crippen LogP contribution in [0.25, 0.3) is 0 Å². The van der Waals surface area contributed by atoms with Gasteiger partial charge in [-0.3, -0.25) is 0 Å². The summed E-state index contributed by atoms with van der Waals surface area (Å²) in [6, 6.07) is 4.87. The average molecular weight is 299 g/mol. The van der Waals surface area contributed by atoms with Gasteiger partial charge in [-0.15, -0.1) is 0 Å². The number of sulfonamides is 1. The Bertz CT molecular complexity index is 583. The molecule has 5 nitrogen and oxygen atoms in total. The van der Waals surface area contributed by atoms with E-state index < -0.39 is 16.1 Å². The average Bonchev–Trinajstić information content (AvgIpc) is 2.89. The van der Waals surface area contributed by atoms with Gasteiger partial charge in [-0.25, -0.2) is 8.42 Å². The maximum atomic E-state index is 12.6. The molecule has 0 amide bonds. The summed E-state index contributed by atoms with van der Waals surface area (Å²) < 4.78 is 31.7. The van der Waals surface area contributed by atoms with Crippen molar-refractivity contribution in [3.63, 3.8) is 0 Å². The van der Waals surface area contributed by atoms with Crippen molar-refractivity contribution in [2.45, 2.75) is 31.3 Å². The van der Waals surface area contributed by atoms with Crippen LogP contribution in [0.4, 0.5) is 0 Å². The first-order valence-electron chi connectivity index (χ1n) is 6.69. The summed E-state index contributed by atoms with van der Waals surface area (Å²) in [5.41, 5.74) is 0.792. The highest BCUT2D eigenvalue weighted by molar-refractivity contribution is 7.89. The Morgan fingerprint density at radius 1 is 1.45 bits per heavy atom. The highest BCUT2D eigenvalue weighted by Gasteiger charge is 2.34. The molecule has 112 valence electrons. The van der Waals surface area contributed by atoms with E-state index in [-0.39, 0.29) is 10.8 Å². The molecule has 1 aromatic carbocycles. The lowest BCUT2D eigenvalue weighted by atomic mass is 10.0. The molecule has 2 atom stereocenters. The molecule has 0 spiro atoms. The standard InChI is InChI=1S/C14H21NO4S/c1-10-8-13(4-5-14(10)19-3)20(17,18)15-7-6-12(9-15)11(2)16/h4-5,8,11-12,16H,6-7,9H2,1-3H3. The number of hydrogen-bond acceptors (Lipinski definition) is 4. The number of aliphatic hydroxyl groups is 1. The number of rotatable bonds is 4. The summed E-state index contributed by atoms with van der Waals surface area (Å²) in [5, 5.41) is 9.58. The van der Waals surface area contributed by atoms with Gasteiger partial charge in [0.15, 0.2) is 0 Å². The first-order valence-corrected chi connectivity index (χ1v) is 8.13. The topological polar surface area (TPSA) is 66.8 Å². The van der Waals surface area contributed by atoms with Crippen LogP contribution in [0.3, 0.4) is 0 Å². The van der Waals surface area contributed by atoms with Gasteiger partial charge in [-0.1, -0.05) is 0 Å². The maximum Gasteiger partial charge on any atom is 0.243 e. The zero-order chi connectivity index (χ0) is 14.9. The normalized spacial score (nSPS) is 21.9. The van der Waals surface area contributed by atoms with Crippen LogP contribution < -0.4 is 4.74 Å². The molecule has 1 heterocycles. The maximum absolute atomic E-state index is 12.6. The van der Waals surface area contributed by atoms with Crippen molar-refractivity contribution in [2.24, 2.45) is 5.92 Å². The van der Waals surface area contributed by atoms with Crippen LogP contribution in [0.15, 0.2) is 23.1 Å². The third-order valence-electron chi connectivity index (χ3n) is 3.87. The van der Waals surface area contributed by atoms with Crippen LogP contribution in [0.5, 0.6) is 5.75 Å². The van der Waals surface area contributed by atoms with Crippen LogP contribution >= 0.6 is 0 Å². The van der Waals surface area contributed by atoms with Gasteiger partial charge in [-0.2, -0.15) is 4.31 Å². The number of methoxy groups -OCH3 is 1. The molecule has 1 aliphatic rings. The van der Waals surface area contributed by atoms with Crippen LogP contribution in [0.2, 0.25) is 0 Å². The van der Waals surface area contributed by atoms with E-state index in [2.05, 4.69) is 0 Å². The van der Waals surface area contributed by atoms with Gasteiger partial charge >= 0.3 is 0 Å². The number of benzene rings is 1. The number of nitrogens with zero attached hydrogens (tertiary/aromatic N) is 1. The monoisotopic (exact) mass is 299 g/mol. The van der Waals surface area contributed by atoms with E-state index in [1.54, 1.807) is 32.2 Å². The van der Waals surface area contributed by atoms with Crippen molar-refractivity contribution < 1.29 is 18.3 Å². The molecule has 0 saturated carbocycles. The van der Waals surface area contributed by atoms with E-state index in [9.17, 15) is 13.5 Å². The minimum absolute atomic E-state index is 0.0177. The predicted molar refractivity (Wildman–Crippen MR) is 76.3 cm³/mol. The van der Waals surface area contributed by atoms with Crippen molar-refractivity contribution in [3.8, 4) is 5.75 Å². The molecule has 6 heteroatoms. The van der Waals surface area contributed by atoms with Crippen molar-refractivity contribution in [3.05, 3.63) is 23.8 Å². The van der Waals surface area contributed by atoms with E-state index in [0.717, 1.165) is 5.56 Å². The van der Waals surface area contributed by atoms with Crippen molar-refractivity contribution >= 4 is 10.0 Å². The van der Waals surface area contributed by atoms with Crippen molar-refractivity contribution in [2.75, 3.05) is 20.2 Å². The van der Waals surface area contributed by atoms with E-state index in [1.807, 2.05) is 6.92 Å². The second kappa shape index (κ2) is 5.71. The number of ether oxygens (including phenoxy) is 1. The van der Waals surface area contributed by atoms with Crippen LogP contribution in [0.1, 0.15) is 18.9 Å². The summed E-state index contributed by atoms with van der Waals surface area (Å²) in [5.74, 6) is 0.691. The molecule has 1 aliphatic heterocycles. The van der Waals surface area contributed by atoms with Gasteiger partial charge in [0.1, 0.15) is 5.75 Å². The molecule has 2 rings (SSSR count). The van der Waals surface area contributed by atoms with Gasteiger partial charge < -0.3 is 9.84 Å². The Labute approximate surface area is 120 Å². The van der Waals surface area contributed by atoms with E-state index in [4.69, 9.17) is 4.74 Å². The minimum atomic E-state index is -3.49. The van der Waals surface area contributed by atoms with Crippen LogP contribution in [-0.2, 0) is 10.0 Å². The quantitative estimate of drug-likeness (QED) is 0.912. The van der Waals surface area contributed by atoms with E-state index in [1.165, 1.54) is 4.31 Å². The fourth-order valence-corrected chi connectivity index (χ4v) is 4.12. The number of aryl methyl sites for hydroxylation is 1. The fourth-order valence-electron chi connectivity index (χ4n) is 2.53. The second-order valence-corrected chi connectivity index (χ2v) is 7.22. The van der Waals surface area contributed by atoms with Crippen LogP contribution in [0, 0.1) is 12.8 Å². The Morgan fingerprint density at radius 2 is 2.15 bits per heavy atom. The lowest BCUT2D eigenvalue weighted by molar-refractivity contribution is 0.133. The molecule has 20 heavy (non-hydrogen) atoms. The molecule has 0 aromatic heterocycles. The summed E-state index contributed by atoms with van der Waals surface area (Å²) in [6.07, 6.45) is 0.222. The highest BCUT2D eigenvalue weighted by Crippen LogP contribution is 2.28. The Morgan fingerprint density at radius 3 is 2.65 bits per heavy atom. The van der Waals surface area contributed by atoms with E-state index in [0.29, 0.717) is 25.3 Å². The molecule has 1 fully saturated rings. The summed E-state index contributed by atoms with van der Waals surface area (Å²) in [4.78, 5) is 0.280. The van der Waals surface area contributed by atoms with E-state index >= 15 is 0 Å². The molecule has 0 radical (unpaired) electrons. The minimum Gasteiger partial charge on any atom is -0.496 e. The largest absolute Gasteiger partial charge is 0.496 e. The van der Waals surface area contributed by atoms with Gasteiger partial charge in [0.05, 0.1) is 18.1 Å². The van der Waals surface area contributed by atoms with Gasteiger partial charge in [0, 0.05) is 13.1 Å². The Kier molecular flexibility index (Phi) is 4.36. The van der Waals surface area contributed by atoms with Gasteiger partial charge in [0.2, 0.25) is 10.0 Å². The Balaban J connectivity index is 2.25. The summed E-state index contributed by atoms with van der Waals surface area (Å²) >= 11 is 0. The lowest BCUT2D eigenvalue weighted by Crippen LogP contribution is -2.30. The SMILES string of the molecule is COc1ccc(S(=O)(=O)N2CCC(C(C)O)C2)cc1C. The fraction of sp³-hybridized carbons (Fsp3) is 0.571. The Hall–Kier alpha value is -1.11. The first kappa shape index (κ1) is 15.3. The molecule has 1 aromatic rings. The molecule has 1 N–H and O–H groups in total.